The Morgan fingerprint density at radius 1 is 1.06 bits per heavy atom. The molecule has 0 saturated carbocycles. The third kappa shape index (κ3) is 9.15. The summed E-state index contributed by atoms with van der Waals surface area (Å²) in [6.07, 6.45) is 4.83. The van der Waals surface area contributed by atoms with Crippen LogP contribution in [-0.4, -0.2) is 81.3 Å². The predicted molar refractivity (Wildman–Crippen MR) is 145 cm³/mol. The lowest BCUT2D eigenvalue weighted by Crippen LogP contribution is -2.48. The fourth-order valence-electron chi connectivity index (χ4n) is 4.61. The zero-order valence-corrected chi connectivity index (χ0v) is 22.6. The van der Waals surface area contributed by atoms with E-state index in [0.717, 1.165) is 51.8 Å². The van der Waals surface area contributed by atoms with Crippen molar-refractivity contribution >= 4 is 29.9 Å². The zero-order chi connectivity index (χ0) is 21.9. The molecule has 1 aromatic carbocycles. The van der Waals surface area contributed by atoms with Crippen molar-refractivity contribution in [2.45, 2.75) is 52.1 Å². The Kier molecular flexibility index (Phi) is 12.9. The van der Waals surface area contributed by atoms with Crippen LogP contribution in [0.15, 0.2) is 29.3 Å². The van der Waals surface area contributed by atoms with E-state index in [1.807, 2.05) is 0 Å². The molecule has 2 saturated heterocycles. The average Bonchev–Trinajstić information content (AvgIpc) is 2.80. The van der Waals surface area contributed by atoms with E-state index in [1.54, 1.807) is 7.11 Å². The number of aliphatic imine (C=N–C) groups is 1. The quantitative estimate of drug-likeness (QED) is 0.277. The van der Waals surface area contributed by atoms with E-state index in [9.17, 15) is 0 Å². The second kappa shape index (κ2) is 15.1. The molecule has 2 aliphatic heterocycles. The van der Waals surface area contributed by atoms with Crippen LogP contribution in [0, 0.1) is 12.8 Å². The van der Waals surface area contributed by atoms with E-state index in [4.69, 9.17) is 9.73 Å². The van der Waals surface area contributed by atoms with Crippen molar-refractivity contribution in [1.82, 2.24) is 20.4 Å². The first-order valence-corrected chi connectivity index (χ1v) is 12.2. The standard InChI is InChI=1S/C25H43N5O.HI/c1-4-26-25(27-19-22-9-13-29(14-10-22)17-18-31-3)28-24-11-15-30(16-12-24)20-23-8-6-5-7-21(23)2;/h5-8,22,24H,4,9-20H2,1-3H3,(H2,26,27,28);1H. The fourth-order valence-corrected chi connectivity index (χ4v) is 4.61. The third-order valence-electron chi connectivity index (χ3n) is 6.75. The van der Waals surface area contributed by atoms with Gasteiger partial charge in [-0.1, -0.05) is 24.3 Å². The number of halogens is 1. The van der Waals surface area contributed by atoms with Crippen LogP contribution < -0.4 is 10.6 Å². The maximum Gasteiger partial charge on any atom is 0.191 e. The Balaban J connectivity index is 0.00000363. The molecule has 6 nitrogen and oxygen atoms in total. The number of aryl methyl sites for hydroxylation is 1. The van der Waals surface area contributed by atoms with Crippen LogP contribution in [0.2, 0.25) is 0 Å². The van der Waals surface area contributed by atoms with Gasteiger partial charge in [-0.3, -0.25) is 9.89 Å². The van der Waals surface area contributed by atoms with E-state index in [2.05, 4.69) is 58.5 Å². The SMILES string of the molecule is CCNC(=NCC1CCN(CCOC)CC1)NC1CCN(Cc2ccccc2C)CC1.I. The first-order chi connectivity index (χ1) is 15.2. The van der Waals surface area contributed by atoms with E-state index in [-0.39, 0.29) is 24.0 Å². The largest absolute Gasteiger partial charge is 0.383 e. The number of likely N-dealkylation sites (tertiary alicyclic amines) is 2. The summed E-state index contributed by atoms with van der Waals surface area (Å²) in [7, 11) is 1.78. The molecule has 0 radical (unpaired) electrons. The molecule has 7 heteroatoms. The van der Waals surface area contributed by atoms with Gasteiger partial charge in [-0.25, -0.2) is 0 Å². The average molecular weight is 558 g/mol. The summed E-state index contributed by atoms with van der Waals surface area (Å²) in [6.45, 7) is 13.8. The number of nitrogens with zero attached hydrogens (tertiary/aromatic N) is 3. The van der Waals surface area contributed by atoms with Crippen LogP contribution in [0.5, 0.6) is 0 Å². The maximum atomic E-state index is 5.21. The van der Waals surface area contributed by atoms with Crippen molar-refractivity contribution in [1.29, 1.82) is 0 Å². The van der Waals surface area contributed by atoms with Gasteiger partial charge < -0.3 is 20.3 Å². The molecule has 2 aliphatic rings. The lowest BCUT2D eigenvalue weighted by atomic mass is 9.97. The number of methoxy groups -OCH3 is 1. The van der Waals surface area contributed by atoms with Crippen molar-refractivity contribution in [2.24, 2.45) is 10.9 Å². The highest BCUT2D eigenvalue weighted by Crippen LogP contribution is 2.18. The number of ether oxygens (including phenoxy) is 1. The van der Waals surface area contributed by atoms with E-state index in [1.165, 1.54) is 49.9 Å². The van der Waals surface area contributed by atoms with Gasteiger partial charge in [0.2, 0.25) is 0 Å². The Morgan fingerprint density at radius 2 is 1.75 bits per heavy atom. The number of guanidine groups is 1. The molecular weight excluding hydrogens is 513 g/mol. The molecule has 1 aromatic rings. The van der Waals surface area contributed by atoms with Gasteiger partial charge in [-0.2, -0.15) is 0 Å². The van der Waals surface area contributed by atoms with Gasteiger partial charge in [0.25, 0.3) is 0 Å². The first-order valence-electron chi connectivity index (χ1n) is 12.2. The number of hydrogen-bond acceptors (Lipinski definition) is 4. The monoisotopic (exact) mass is 557 g/mol. The summed E-state index contributed by atoms with van der Waals surface area (Å²) in [5, 5.41) is 7.18. The summed E-state index contributed by atoms with van der Waals surface area (Å²) in [4.78, 5) is 10.1. The number of benzene rings is 1. The molecule has 0 bridgehead atoms. The predicted octanol–water partition coefficient (Wildman–Crippen LogP) is 3.49. The van der Waals surface area contributed by atoms with Crippen LogP contribution >= 0.6 is 24.0 Å². The van der Waals surface area contributed by atoms with Crippen molar-refractivity contribution in [3.8, 4) is 0 Å². The van der Waals surface area contributed by atoms with Crippen LogP contribution in [0.4, 0.5) is 0 Å². The number of hydrogen-bond donors (Lipinski definition) is 2. The minimum Gasteiger partial charge on any atom is -0.383 e. The van der Waals surface area contributed by atoms with Crippen molar-refractivity contribution < 1.29 is 4.74 Å². The van der Waals surface area contributed by atoms with Crippen molar-refractivity contribution in [2.75, 3.05) is 59.5 Å². The van der Waals surface area contributed by atoms with Gasteiger partial charge in [-0.15, -0.1) is 24.0 Å². The van der Waals surface area contributed by atoms with Gasteiger partial charge in [0.15, 0.2) is 5.96 Å². The Bertz CT molecular complexity index is 670. The Labute approximate surface area is 212 Å². The van der Waals surface area contributed by atoms with Crippen molar-refractivity contribution in [3.05, 3.63) is 35.4 Å². The van der Waals surface area contributed by atoms with E-state index >= 15 is 0 Å². The highest BCUT2D eigenvalue weighted by Gasteiger charge is 2.22. The Morgan fingerprint density at radius 3 is 2.41 bits per heavy atom. The maximum absolute atomic E-state index is 5.21. The zero-order valence-electron chi connectivity index (χ0n) is 20.3. The molecule has 32 heavy (non-hydrogen) atoms. The lowest BCUT2D eigenvalue weighted by Gasteiger charge is -2.33. The molecule has 2 fully saturated rings. The molecule has 2 heterocycles. The van der Waals surface area contributed by atoms with E-state index in [0.29, 0.717) is 12.0 Å². The van der Waals surface area contributed by atoms with Gasteiger partial charge in [0.1, 0.15) is 0 Å². The molecule has 0 amide bonds. The normalized spacial score (nSPS) is 19.5. The highest BCUT2D eigenvalue weighted by atomic mass is 127. The smallest absolute Gasteiger partial charge is 0.191 e. The molecule has 0 aromatic heterocycles. The van der Waals surface area contributed by atoms with Crippen LogP contribution in [0.1, 0.15) is 43.7 Å². The highest BCUT2D eigenvalue weighted by molar-refractivity contribution is 14.0. The summed E-state index contributed by atoms with van der Waals surface area (Å²) in [5.41, 5.74) is 2.85. The number of nitrogens with one attached hydrogen (secondary N) is 2. The molecule has 0 aliphatic carbocycles. The van der Waals surface area contributed by atoms with Crippen LogP contribution in [0.25, 0.3) is 0 Å². The minimum absolute atomic E-state index is 0. The lowest BCUT2D eigenvalue weighted by molar-refractivity contribution is 0.121. The summed E-state index contributed by atoms with van der Waals surface area (Å²) >= 11 is 0. The van der Waals surface area contributed by atoms with Gasteiger partial charge in [0.05, 0.1) is 6.61 Å². The molecular formula is C25H44IN5O. The molecule has 2 N–H and O–H groups in total. The summed E-state index contributed by atoms with van der Waals surface area (Å²) in [6, 6.07) is 9.27. The molecule has 0 unspecified atom stereocenters. The first kappa shape index (κ1) is 27.3. The summed E-state index contributed by atoms with van der Waals surface area (Å²) < 4.78 is 5.21. The van der Waals surface area contributed by atoms with Crippen molar-refractivity contribution in [3.63, 3.8) is 0 Å². The third-order valence-corrected chi connectivity index (χ3v) is 6.75. The topological polar surface area (TPSA) is 52.1 Å². The molecule has 182 valence electrons. The molecule has 0 atom stereocenters. The number of rotatable bonds is 9. The van der Waals surface area contributed by atoms with Gasteiger partial charge >= 0.3 is 0 Å². The Hall–Kier alpha value is -0.900. The van der Waals surface area contributed by atoms with Crippen LogP contribution in [0.3, 0.4) is 0 Å². The van der Waals surface area contributed by atoms with Crippen LogP contribution in [-0.2, 0) is 11.3 Å². The molecule has 0 spiro atoms. The second-order valence-electron chi connectivity index (χ2n) is 9.12. The summed E-state index contributed by atoms with van der Waals surface area (Å²) in [5.74, 6) is 1.70. The van der Waals surface area contributed by atoms with Gasteiger partial charge in [-0.05, 0) is 69.7 Å². The molecule has 3 rings (SSSR count). The number of piperidine rings is 2. The fraction of sp³-hybridized carbons (Fsp3) is 0.720. The van der Waals surface area contributed by atoms with E-state index < -0.39 is 0 Å². The minimum atomic E-state index is 0. The second-order valence-corrected chi connectivity index (χ2v) is 9.12. The van der Waals surface area contributed by atoms with Gasteiger partial charge in [0, 0.05) is 52.4 Å².